The smallest absolute Gasteiger partial charge is 0.0991 e. The Bertz CT molecular complexity index is 961. The van der Waals surface area contributed by atoms with Gasteiger partial charge in [-0.1, -0.05) is 43.3 Å². The highest BCUT2D eigenvalue weighted by atomic mass is 15.2. The van der Waals surface area contributed by atoms with Crippen LogP contribution in [0.5, 0.6) is 0 Å². The molecule has 0 N–H and O–H groups in total. The summed E-state index contributed by atoms with van der Waals surface area (Å²) < 4.78 is 0. The normalized spacial score (nSPS) is 34.9. The van der Waals surface area contributed by atoms with Crippen LogP contribution < -0.4 is 0 Å². The molecule has 0 bridgehead atoms. The minimum Gasteiger partial charge on any atom is -0.300 e. The third kappa shape index (κ3) is 2.42. The fourth-order valence-electron chi connectivity index (χ4n) is 6.62. The number of nitrogens with zero attached hydrogens (tertiary/aromatic N) is 2. The minimum atomic E-state index is 0.298. The number of rotatable bonds is 3. The van der Waals surface area contributed by atoms with Crippen molar-refractivity contribution in [3.05, 3.63) is 59.7 Å². The Balaban J connectivity index is 1.16. The first kappa shape index (κ1) is 16.8. The van der Waals surface area contributed by atoms with E-state index in [1.807, 2.05) is 18.2 Å². The molecule has 6 rings (SSSR count). The largest absolute Gasteiger partial charge is 0.300 e. The second-order valence-electron chi connectivity index (χ2n) is 10.1. The van der Waals surface area contributed by atoms with Crippen molar-refractivity contribution < 1.29 is 0 Å². The molecule has 4 aliphatic rings. The van der Waals surface area contributed by atoms with Crippen molar-refractivity contribution >= 4 is 0 Å². The summed E-state index contributed by atoms with van der Waals surface area (Å²) in [4.78, 5) is 2.84. The monoisotopic (exact) mass is 368 g/mol. The maximum atomic E-state index is 9.14. The van der Waals surface area contributed by atoms with Crippen LogP contribution in [0.15, 0.2) is 48.5 Å². The first-order valence-corrected chi connectivity index (χ1v) is 11.0. The molecule has 0 amide bonds. The van der Waals surface area contributed by atoms with Gasteiger partial charge in [0.25, 0.3) is 0 Å². The van der Waals surface area contributed by atoms with Gasteiger partial charge in [-0.05, 0) is 96.7 Å². The lowest BCUT2D eigenvalue weighted by Gasteiger charge is -2.43. The zero-order chi connectivity index (χ0) is 18.9. The van der Waals surface area contributed by atoms with Gasteiger partial charge in [0.2, 0.25) is 0 Å². The second-order valence-corrected chi connectivity index (χ2v) is 10.1. The second kappa shape index (κ2) is 5.71. The predicted octanol–water partition coefficient (Wildman–Crippen LogP) is 5.38. The molecule has 4 fully saturated rings. The summed E-state index contributed by atoms with van der Waals surface area (Å²) >= 11 is 0. The van der Waals surface area contributed by atoms with Gasteiger partial charge >= 0.3 is 0 Å². The number of benzene rings is 2. The van der Waals surface area contributed by atoms with Crippen molar-refractivity contribution in [3.8, 4) is 17.2 Å². The summed E-state index contributed by atoms with van der Waals surface area (Å²) in [6.07, 6.45) is 7.15. The van der Waals surface area contributed by atoms with Crippen molar-refractivity contribution in [1.82, 2.24) is 4.90 Å². The Morgan fingerprint density at radius 2 is 1.79 bits per heavy atom. The highest BCUT2D eigenvalue weighted by Gasteiger charge is 2.77. The van der Waals surface area contributed by atoms with Crippen molar-refractivity contribution in [2.45, 2.75) is 50.5 Å². The van der Waals surface area contributed by atoms with Crippen LogP contribution in [0.2, 0.25) is 0 Å². The molecule has 0 aromatic heterocycles. The van der Waals surface area contributed by atoms with E-state index in [9.17, 15) is 0 Å². The third-order valence-electron chi connectivity index (χ3n) is 8.73. The van der Waals surface area contributed by atoms with E-state index in [1.165, 1.54) is 43.5 Å². The number of nitriles is 1. The lowest BCUT2D eigenvalue weighted by molar-refractivity contribution is 0.106. The van der Waals surface area contributed by atoms with Crippen molar-refractivity contribution in [2.75, 3.05) is 13.1 Å². The van der Waals surface area contributed by atoms with E-state index in [-0.39, 0.29) is 0 Å². The molecule has 2 heteroatoms. The Morgan fingerprint density at radius 1 is 1.00 bits per heavy atom. The van der Waals surface area contributed by atoms with Gasteiger partial charge in [-0.2, -0.15) is 5.26 Å². The van der Waals surface area contributed by atoms with Crippen molar-refractivity contribution in [3.63, 3.8) is 0 Å². The van der Waals surface area contributed by atoms with E-state index in [1.54, 1.807) is 12.8 Å². The molecule has 2 aromatic rings. The van der Waals surface area contributed by atoms with Gasteiger partial charge in [-0.3, -0.25) is 0 Å². The molecule has 2 aromatic carbocycles. The Labute approximate surface area is 168 Å². The zero-order valence-corrected chi connectivity index (χ0v) is 16.7. The highest BCUT2D eigenvalue weighted by Crippen LogP contribution is 2.82. The van der Waals surface area contributed by atoms with Gasteiger partial charge < -0.3 is 4.90 Å². The van der Waals surface area contributed by atoms with Crippen LogP contribution >= 0.6 is 0 Å². The van der Waals surface area contributed by atoms with E-state index in [2.05, 4.69) is 48.2 Å². The lowest BCUT2D eigenvalue weighted by Crippen LogP contribution is -2.46. The number of hydrogen-bond acceptors (Lipinski definition) is 2. The summed E-state index contributed by atoms with van der Waals surface area (Å²) in [5.74, 6) is 2.16. The van der Waals surface area contributed by atoms with Crippen molar-refractivity contribution in [2.24, 2.45) is 17.3 Å². The van der Waals surface area contributed by atoms with Gasteiger partial charge in [0.05, 0.1) is 11.6 Å². The molecule has 142 valence electrons. The molecule has 4 atom stereocenters. The van der Waals surface area contributed by atoms with Gasteiger partial charge in [0, 0.05) is 6.04 Å². The number of piperidine rings is 1. The van der Waals surface area contributed by atoms with Gasteiger partial charge in [-0.15, -0.1) is 0 Å². The quantitative estimate of drug-likeness (QED) is 0.727. The molecule has 3 aliphatic carbocycles. The molecule has 2 nitrogen and oxygen atoms in total. The van der Waals surface area contributed by atoms with Gasteiger partial charge in [0.15, 0.2) is 0 Å². The highest BCUT2D eigenvalue weighted by molar-refractivity contribution is 5.65. The van der Waals surface area contributed by atoms with Crippen molar-refractivity contribution in [1.29, 1.82) is 5.26 Å². The number of hydrogen-bond donors (Lipinski definition) is 0. The van der Waals surface area contributed by atoms with E-state index in [0.29, 0.717) is 5.41 Å². The van der Waals surface area contributed by atoms with E-state index >= 15 is 0 Å². The molecular formula is C26H28N2. The first-order chi connectivity index (χ1) is 13.6. The average molecular weight is 369 g/mol. The van der Waals surface area contributed by atoms with E-state index in [0.717, 1.165) is 34.4 Å². The molecule has 1 heterocycles. The third-order valence-corrected chi connectivity index (χ3v) is 8.73. The fourth-order valence-corrected chi connectivity index (χ4v) is 6.62. The summed E-state index contributed by atoms with van der Waals surface area (Å²) in [7, 11) is 0. The van der Waals surface area contributed by atoms with Crippen LogP contribution in [0.4, 0.5) is 0 Å². The van der Waals surface area contributed by atoms with E-state index < -0.39 is 0 Å². The Morgan fingerprint density at radius 3 is 2.43 bits per heavy atom. The number of likely N-dealkylation sites (tertiary alicyclic amines) is 1. The summed E-state index contributed by atoms with van der Waals surface area (Å²) in [6, 6.07) is 20.2. The Kier molecular flexibility index (Phi) is 3.43. The maximum absolute atomic E-state index is 9.14. The maximum Gasteiger partial charge on any atom is 0.0991 e. The minimum absolute atomic E-state index is 0.298. The predicted molar refractivity (Wildman–Crippen MR) is 112 cm³/mol. The van der Waals surface area contributed by atoms with Crippen LogP contribution in [0.1, 0.15) is 50.2 Å². The average Bonchev–Trinajstić information content (AvgIpc) is 3.63. The molecule has 0 radical (unpaired) electrons. The summed E-state index contributed by atoms with van der Waals surface area (Å²) in [5, 5.41) is 9.14. The molecule has 1 spiro atoms. The van der Waals surface area contributed by atoms with Crippen LogP contribution in [0.25, 0.3) is 11.1 Å². The summed E-state index contributed by atoms with van der Waals surface area (Å²) in [5.41, 5.74) is 5.69. The summed E-state index contributed by atoms with van der Waals surface area (Å²) in [6.45, 7) is 5.00. The zero-order valence-electron chi connectivity index (χ0n) is 16.7. The molecule has 3 saturated carbocycles. The van der Waals surface area contributed by atoms with Crippen LogP contribution in [0.3, 0.4) is 0 Å². The molecule has 1 saturated heterocycles. The van der Waals surface area contributed by atoms with Gasteiger partial charge in [-0.25, -0.2) is 0 Å². The lowest BCUT2D eigenvalue weighted by atomic mass is 9.74. The molecule has 2 unspecified atom stereocenters. The van der Waals surface area contributed by atoms with Crippen LogP contribution in [-0.2, 0) is 5.41 Å². The van der Waals surface area contributed by atoms with Gasteiger partial charge in [0.1, 0.15) is 0 Å². The fraction of sp³-hybridized carbons (Fsp3) is 0.500. The molecular weight excluding hydrogens is 340 g/mol. The first-order valence-electron chi connectivity index (χ1n) is 11.0. The molecule has 28 heavy (non-hydrogen) atoms. The topological polar surface area (TPSA) is 27.0 Å². The molecule has 1 aliphatic heterocycles. The standard InChI is InChI=1S/C26H28N2/c1-25(9-11-28(12-10-25)24-14-22-15-26(22)16-23(24)26)21-7-5-19(6-8-21)20-4-2-3-18(13-20)17-27/h2-8,13,22-24H,9-12,14-16H2,1H3/t22-,23-,24?,26?/m1/s1. The Hall–Kier alpha value is -2.11. The van der Waals surface area contributed by atoms with Crippen LogP contribution in [-0.4, -0.2) is 24.0 Å². The van der Waals surface area contributed by atoms with Crippen LogP contribution in [0, 0.1) is 28.6 Å². The SMILES string of the molecule is CC1(c2ccc(-c3cccc(C#N)c3)cc2)CCN(C2C[C@@H]3CC34C[C@H]24)CC1. The van der Waals surface area contributed by atoms with E-state index in [4.69, 9.17) is 5.26 Å².